The Balaban J connectivity index is 1.48. The molecule has 0 spiro atoms. The normalized spacial score (nSPS) is 10.8. The van der Waals surface area contributed by atoms with Crippen LogP contribution in [0.4, 0.5) is 5.69 Å². The maximum absolute atomic E-state index is 12.1. The minimum absolute atomic E-state index is 0.0582. The van der Waals surface area contributed by atoms with Crippen molar-refractivity contribution in [3.63, 3.8) is 0 Å². The smallest absolute Gasteiger partial charge is 0.227 e. The Morgan fingerprint density at radius 3 is 2.76 bits per heavy atom. The third-order valence-electron chi connectivity index (χ3n) is 3.83. The van der Waals surface area contributed by atoms with Crippen LogP contribution in [0.5, 0.6) is 0 Å². The van der Waals surface area contributed by atoms with Gasteiger partial charge in [-0.25, -0.2) is 0 Å². The molecule has 0 radical (unpaired) electrons. The summed E-state index contributed by atoms with van der Waals surface area (Å²) in [4.78, 5) is 17.4. The molecular weight excluding hydrogens is 334 g/mol. The zero-order valence-corrected chi connectivity index (χ0v) is 15.0. The number of unbranched alkanes of at least 4 members (excludes halogenated alkanes) is 1. The fourth-order valence-electron chi connectivity index (χ4n) is 2.44. The van der Waals surface area contributed by atoms with Gasteiger partial charge in [0.1, 0.15) is 0 Å². The molecule has 5 nitrogen and oxygen atoms in total. The van der Waals surface area contributed by atoms with Crippen molar-refractivity contribution in [1.82, 2.24) is 10.1 Å². The SMILES string of the molecule is CCCCc1ccc(NC(=O)CCc2nc(-c3cccs3)no2)cc1. The molecule has 1 N–H and O–H groups in total. The van der Waals surface area contributed by atoms with Crippen LogP contribution in [0.1, 0.15) is 37.6 Å². The van der Waals surface area contributed by atoms with Crippen LogP contribution in [0.2, 0.25) is 0 Å². The van der Waals surface area contributed by atoms with E-state index in [-0.39, 0.29) is 5.91 Å². The Kier molecular flexibility index (Phi) is 5.95. The van der Waals surface area contributed by atoms with Gasteiger partial charge in [0.25, 0.3) is 0 Å². The molecule has 6 heteroatoms. The quantitative estimate of drug-likeness (QED) is 0.635. The number of rotatable bonds is 8. The van der Waals surface area contributed by atoms with Crippen molar-refractivity contribution in [2.45, 2.75) is 39.0 Å². The lowest BCUT2D eigenvalue weighted by Crippen LogP contribution is -2.12. The predicted molar refractivity (Wildman–Crippen MR) is 99.6 cm³/mol. The molecule has 0 saturated carbocycles. The lowest BCUT2D eigenvalue weighted by molar-refractivity contribution is -0.116. The van der Waals surface area contributed by atoms with E-state index in [2.05, 4.69) is 34.5 Å². The van der Waals surface area contributed by atoms with Crippen LogP contribution in [0.15, 0.2) is 46.3 Å². The molecule has 2 heterocycles. The summed E-state index contributed by atoms with van der Waals surface area (Å²) in [7, 11) is 0. The van der Waals surface area contributed by atoms with Crippen LogP contribution >= 0.6 is 11.3 Å². The molecule has 0 unspecified atom stereocenters. The molecule has 0 aliphatic heterocycles. The molecule has 0 saturated heterocycles. The molecule has 25 heavy (non-hydrogen) atoms. The molecule has 0 aliphatic rings. The second-order valence-corrected chi connectivity index (χ2v) is 6.79. The van der Waals surface area contributed by atoms with Gasteiger partial charge in [0, 0.05) is 18.5 Å². The third kappa shape index (κ3) is 5.00. The summed E-state index contributed by atoms with van der Waals surface area (Å²) in [5, 5.41) is 8.82. The van der Waals surface area contributed by atoms with Gasteiger partial charge >= 0.3 is 0 Å². The Hall–Kier alpha value is -2.47. The van der Waals surface area contributed by atoms with E-state index < -0.39 is 0 Å². The summed E-state index contributed by atoms with van der Waals surface area (Å²) in [6.07, 6.45) is 4.18. The van der Waals surface area contributed by atoms with Gasteiger partial charge in [-0.2, -0.15) is 4.98 Å². The second kappa shape index (κ2) is 8.58. The summed E-state index contributed by atoms with van der Waals surface area (Å²) in [6.45, 7) is 2.18. The number of amides is 1. The molecule has 2 aromatic heterocycles. The number of hydrogen-bond donors (Lipinski definition) is 1. The summed E-state index contributed by atoms with van der Waals surface area (Å²) in [6, 6.07) is 11.9. The van der Waals surface area contributed by atoms with Crippen molar-refractivity contribution in [1.29, 1.82) is 0 Å². The fourth-order valence-corrected chi connectivity index (χ4v) is 3.09. The number of thiophene rings is 1. The number of carbonyl (C=O) groups excluding carboxylic acids is 1. The maximum Gasteiger partial charge on any atom is 0.227 e. The largest absolute Gasteiger partial charge is 0.339 e. The molecule has 130 valence electrons. The average molecular weight is 355 g/mol. The molecule has 1 aromatic carbocycles. The zero-order valence-electron chi connectivity index (χ0n) is 14.2. The van der Waals surface area contributed by atoms with Gasteiger partial charge < -0.3 is 9.84 Å². The Labute approximate surface area is 151 Å². The van der Waals surface area contributed by atoms with E-state index in [4.69, 9.17) is 4.52 Å². The van der Waals surface area contributed by atoms with E-state index in [1.807, 2.05) is 29.6 Å². The molecule has 0 bridgehead atoms. The number of aryl methyl sites for hydroxylation is 2. The molecule has 1 amide bonds. The van der Waals surface area contributed by atoms with Crippen LogP contribution in [-0.2, 0) is 17.6 Å². The van der Waals surface area contributed by atoms with Crippen molar-refractivity contribution in [3.05, 3.63) is 53.2 Å². The zero-order chi connectivity index (χ0) is 17.5. The minimum atomic E-state index is -0.0582. The van der Waals surface area contributed by atoms with Crippen LogP contribution < -0.4 is 5.32 Å². The Bertz CT molecular complexity index is 794. The lowest BCUT2D eigenvalue weighted by atomic mass is 10.1. The number of benzene rings is 1. The first-order valence-electron chi connectivity index (χ1n) is 8.50. The van der Waals surface area contributed by atoms with Crippen molar-refractivity contribution >= 4 is 22.9 Å². The first-order valence-corrected chi connectivity index (χ1v) is 9.38. The van der Waals surface area contributed by atoms with Crippen molar-refractivity contribution < 1.29 is 9.32 Å². The van der Waals surface area contributed by atoms with Crippen molar-refractivity contribution in [2.24, 2.45) is 0 Å². The number of hydrogen-bond acceptors (Lipinski definition) is 5. The molecule has 0 fully saturated rings. The van der Waals surface area contributed by atoms with Gasteiger partial charge in [0.15, 0.2) is 0 Å². The first-order chi connectivity index (χ1) is 12.2. The second-order valence-electron chi connectivity index (χ2n) is 5.84. The van der Waals surface area contributed by atoms with E-state index in [0.717, 1.165) is 17.0 Å². The molecule has 0 atom stereocenters. The Morgan fingerprint density at radius 2 is 2.04 bits per heavy atom. The van der Waals surface area contributed by atoms with Crippen molar-refractivity contribution in [3.8, 4) is 10.7 Å². The Morgan fingerprint density at radius 1 is 1.20 bits per heavy atom. The predicted octanol–water partition coefficient (Wildman–Crippen LogP) is 4.71. The summed E-state index contributed by atoms with van der Waals surface area (Å²) in [5.74, 6) is 0.999. The van der Waals surface area contributed by atoms with E-state index >= 15 is 0 Å². The van der Waals surface area contributed by atoms with Gasteiger partial charge in [-0.3, -0.25) is 4.79 Å². The van der Waals surface area contributed by atoms with Gasteiger partial charge in [-0.1, -0.05) is 36.7 Å². The van der Waals surface area contributed by atoms with Gasteiger partial charge in [-0.15, -0.1) is 11.3 Å². The number of nitrogens with zero attached hydrogens (tertiary/aromatic N) is 2. The van der Waals surface area contributed by atoms with Gasteiger partial charge in [0.05, 0.1) is 4.88 Å². The summed E-state index contributed by atoms with van der Waals surface area (Å²) in [5.41, 5.74) is 2.11. The highest BCUT2D eigenvalue weighted by Crippen LogP contribution is 2.21. The number of aromatic nitrogens is 2. The molecule has 0 aliphatic carbocycles. The fraction of sp³-hybridized carbons (Fsp3) is 0.316. The maximum atomic E-state index is 12.1. The minimum Gasteiger partial charge on any atom is -0.339 e. The third-order valence-corrected chi connectivity index (χ3v) is 4.70. The molecular formula is C19H21N3O2S. The number of carbonyl (C=O) groups is 1. The standard InChI is InChI=1S/C19H21N3O2S/c1-2-3-5-14-7-9-15(10-8-14)20-17(23)11-12-18-21-19(22-24-18)16-6-4-13-25-16/h4,6-10,13H,2-3,5,11-12H2,1H3,(H,20,23). The lowest BCUT2D eigenvalue weighted by Gasteiger charge is -2.05. The van der Waals surface area contributed by atoms with Gasteiger partial charge in [0.2, 0.25) is 17.6 Å². The molecule has 3 rings (SSSR count). The van der Waals surface area contributed by atoms with Gasteiger partial charge in [-0.05, 0) is 42.0 Å². The monoisotopic (exact) mass is 355 g/mol. The van der Waals surface area contributed by atoms with E-state index in [9.17, 15) is 4.79 Å². The van der Waals surface area contributed by atoms with E-state index in [1.165, 1.54) is 18.4 Å². The number of anilines is 1. The van der Waals surface area contributed by atoms with Crippen LogP contribution in [-0.4, -0.2) is 16.0 Å². The van der Waals surface area contributed by atoms with Crippen LogP contribution in [0.25, 0.3) is 10.7 Å². The van der Waals surface area contributed by atoms with Crippen molar-refractivity contribution in [2.75, 3.05) is 5.32 Å². The van der Waals surface area contributed by atoms with Crippen LogP contribution in [0.3, 0.4) is 0 Å². The molecule has 3 aromatic rings. The number of nitrogens with one attached hydrogen (secondary N) is 1. The van der Waals surface area contributed by atoms with E-state index in [1.54, 1.807) is 11.3 Å². The first kappa shape index (κ1) is 17.4. The summed E-state index contributed by atoms with van der Waals surface area (Å²) < 4.78 is 5.21. The highest BCUT2D eigenvalue weighted by Gasteiger charge is 2.11. The van der Waals surface area contributed by atoms with Crippen LogP contribution in [0, 0.1) is 0 Å². The topological polar surface area (TPSA) is 68.0 Å². The van der Waals surface area contributed by atoms with E-state index in [0.29, 0.717) is 24.6 Å². The highest BCUT2D eigenvalue weighted by molar-refractivity contribution is 7.13. The average Bonchev–Trinajstić information content (AvgIpc) is 3.30. The highest BCUT2D eigenvalue weighted by atomic mass is 32.1. The summed E-state index contributed by atoms with van der Waals surface area (Å²) >= 11 is 1.56.